The van der Waals surface area contributed by atoms with Crippen molar-refractivity contribution < 1.29 is 17.9 Å². The highest BCUT2D eigenvalue weighted by molar-refractivity contribution is 6.28. The van der Waals surface area contributed by atoms with Crippen LogP contribution in [0.1, 0.15) is 24.1 Å². The highest BCUT2D eigenvalue weighted by Gasteiger charge is 2.31. The van der Waals surface area contributed by atoms with Gasteiger partial charge in [-0.2, -0.15) is 18.2 Å². The van der Waals surface area contributed by atoms with Crippen molar-refractivity contribution in [2.45, 2.75) is 19.1 Å². The zero-order valence-corrected chi connectivity index (χ0v) is 20.2. The molecule has 0 aliphatic carbocycles. The van der Waals surface area contributed by atoms with Gasteiger partial charge in [-0.15, -0.1) is 0 Å². The first-order chi connectivity index (χ1) is 16.6. The smallest absolute Gasteiger partial charge is 0.399 e. The Morgan fingerprint density at radius 1 is 1.14 bits per heavy atom. The Balaban J connectivity index is 1.59. The molecule has 0 bridgehead atoms. The lowest BCUT2D eigenvalue weighted by Gasteiger charge is -2.35. The van der Waals surface area contributed by atoms with Crippen LogP contribution in [0.5, 0.6) is 0 Å². The number of pyridine rings is 1. The van der Waals surface area contributed by atoms with Gasteiger partial charge in [0.2, 0.25) is 5.28 Å². The maximum Gasteiger partial charge on any atom is 0.416 e. The van der Waals surface area contributed by atoms with E-state index in [0.29, 0.717) is 29.0 Å². The predicted octanol–water partition coefficient (Wildman–Crippen LogP) is 4.22. The van der Waals surface area contributed by atoms with Crippen LogP contribution >= 0.6 is 11.6 Å². The quantitative estimate of drug-likeness (QED) is 0.361. The molecule has 0 radical (unpaired) electrons. The predicted molar refractivity (Wildman–Crippen MR) is 131 cm³/mol. The van der Waals surface area contributed by atoms with Gasteiger partial charge in [-0.3, -0.25) is 4.90 Å². The lowest BCUT2D eigenvalue weighted by atomic mass is 10.0. The summed E-state index contributed by atoms with van der Waals surface area (Å²) < 4.78 is 45.0. The van der Waals surface area contributed by atoms with E-state index in [9.17, 15) is 13.2 Å². The van der Waals surface area contributed by atoms with Crippen molar-refractivity contribution in [3.8, 4) is 0 Å². The van der Waals surface area contributed by atoms with E-state index in [2.05, 4.69) is 30.1 Å². The normalized spacial score (nSPS) is 16.0. The molecule has 2 aromatic heterocycles. The van der Waals surface area contributed by atoms with E-state index < -0.39 is 17.8 Å². The summed E-state index contributed by atoms with van der Waals surface area (Å²) in [6.07, 6.45) is -2.75. The van der Waals surface area contributed by atoms with Gasteiger partial charge in [0.1, 0.15) is 5.82 Å². The lowest BCUT2D eigenvalue weighted by molar-refractivity contribution is -0.137. The number of methoxy groups -OCH3 is 1. The monoisotopic (exact) mass is 509 g/mol. The number of benzene rings is 1. The molecule has 1 fully saturated rings. The van der Waals surface area contributed by atoms with Crippen molar-refractivity contribution in [2.24, 2.45) is 0 Å². The van der Waals surface area contributed by atoms with E-state index in [1.165, 1.54) is 6.07 Å². The van der Waals surface area contributed by atoms with E-state index in [4.69, 9.17) is 22.1 Å². The maximum atomic E-state index is 13.3. The number of nitrogens with one attached hydrogen (secondary N) is 1. The summed E-state index contributed by atoms with van der Waals surface area (Å²) >= 11 is 6.11. The average Bonchev–Trinajstić information content (AvgIpc) is 2.82. The van der Waals surface area contributed by atoms with E-state index in [1.807, 2.05) is 6.07 Å². The number of halogens is 4. The Bertz CT molecular complexity index is 1190. The number of fused-ring (bicyclic) bond motifs is 1. The average molecular weight is 510 g/mol. The number of rotatable bonds is 7. The number of nitrogens with two attached hydrogens (primary N) is 1. The van der Waals surface area contributed by atoms with Crippen molar-refractivity contribution in [2.75, 3.05) is 62.4 Å². The van der Waals surface area contributed by atoms with Crippen molar-refractivity contribution in [3.05, 3.63) is 46.9 Å². The molecule has 1 aromatic carbocycles. The molecule has 188 valence electrons. The Morgan fingerprint density at radius 3 is 2.57 bits per heavy atom. The Kier molecular flexibility index (Phi) is 7.48. The van der Waals surface area contributed by atoms with Crippen LogP contribution in [0, 0.1) is 0 Å². The molecule has 0 unspecified atom stereocenters. The molecule has 1 atom stereocenters. The SMILES string of the molecule is COCCN1CCN(c2cnc3nc(Cl)nc(N[C@H](C)c4cc(N)cc(C(F)(F)F)c4)c3c2)CC1. The van der Waals surface area contributed by atoms with E-state index in [1.54, 1.807) is 20.2 Å². The fourth-order valence-corrected chi connectivity index (χ4v) is 4.25. The molecule has 3 N–H and O–H groups in total. The largest absolute Gasteiger partial charge is 0.416 e. The van der Waals surface area contributed by atoms with E-state index >= 15 is 0 Å². The lowest BCUT2D eigenvalue weighted by Crippen LogP contribution is -2.47. The van der Waals surface area contributed by atoms with Crippen LogP contribution in [0.15, 0.2) is 30.5 Å². The van der Waals surface area contributed by atoms with Gasteiger partial charge in [-0.1, -0.05) is 0 Å². The number of ether oxygens (including phenoxy) is 1. The van der Waals surface area contributed by atoms with E-state index in [-0.39, 0.29) is 11.0 Å². The van der Waals surface area contributed by atoms with Gasteiger partial charge in [0.05, 0.1) is 35.5 Å². The van der Waals surface area contributed by atoms with Gasteiger partial charge in [0.25, 0.3) is 0 Å². The first-order valence-electron chi connectivity index (χ1n) is 11.2. The second-order valence-corrected chi connectivity index (χ2v) is 8.82. The summed E-state index contributed by atoms with van der Waals surface area (Å²) in [6.45, 7) is 6.77. The van der Waals surface area contributed by atoms with Crippen LogP contribution in [-0.4, -0.2) is 66.3 Å². The zero-order valence-electron chi connectivity index (χ0n) is 19.4. The number of anilines is 3. The summed E-state index contributed by atoms with van der Waals surface area (Å²) in [6, 6.07) is 4.88. The van der Waals surface area contributed by atoms with Gasteiger partial charge in [0, 0.05) is 45.5 Å². The van der Waals surface area contributed by atoms with Crippen molar-refractivity contribution in [1.82, 2.24) is 19.9 Å². The molecule has 0 amide bonds. The molecule has 1 aliphatic rings. The third-order valence-electron chi connectivity index (χ3n) is 6.02. The molecule has 0 spiro atoms. The number of hydrogen-bond donors (Lipinski definition) is 2. The number of nitrogen functional groups attached to an aromatic ring is 1. The third kappa shape index (κ3) is 6.03. The summed E-state index contributed by atoms with van der Waals surface area (Å²) in [4.78, 5) is 17.5. The highest BCUT2D eigenvalue weighted by Crippen LogP contribution is 2.34. The minimum atomic E-state index is -4.50. The van der Waals surface area contributed by atoms with Gasteiger partial charge in [-0.25, -0.2) is 9.97 Å². The first kappa shape index (κ1) is 25.2. The van der Waals surface area contributed by atoms with Crippen LogP contribution in [0.3, 0.4) is 0 Å². The molecule has 0 saturated carbocycles. The minimum absolute atomic E-state index is 0.0113. The van der Waals surface area contributed by atoms with Gasteiger partial charge < -0.3 is 20.7 Å². The topological polar surface area (TPSA) is 92.4 Å². The first-order valence-corrected chi connectivity index (χ1v) is 11.6. The van der Waals surface area contributed by atoms with Crippen molar-refractivity contribution >= 4 is 39.8 Å². The summed E-state index contributed by atoms with van der Waals surface area (Å²) in [7, 11) is 1.69. The number of nitrogens with zero attached hydrogens (tertiary/aromatic N) is 5. The molecule has 3 aromatic rings. The fourth-order valence-electron chi connectivity index (χ4n) is 4.09. The molecule has 8 nitrogen and oxygen atoms in total. The van der Waals surface area contributed by atoms with Gasteiger partial charge >= 0.3 is 6.18 Å². The second-order valence-electron chi connectivity index (χ2n) is 8.48. The Hall–Kier alpha value is -2.89. The molecule has 1 saturated heterocycles. The summed E-state index contributed by atoms with van der Waals surface area (Å²) in [5.41, 5.74) is 6.64. The van der Waals surface area contributed by atoms with Crippen molar-refractivity contribution in [3.63, 3.8) is 0 Å². The van der Waals surface area contributed by atoms with Crippen LogP contribution in [0.25, 0.3) is 11.0 Å². The molecule has 1 aliphatic heterocycles. The summed E-state index contributed by atoms with van der Waals surface area (Å²) in [5.74, 6) is 0.386. The molecule has 35 heavy (non-hydrogen) atoms. The molecule has 3 heterocycles. The van der Waals surface area contributed by atoms with E-state index in [0.717, 1.165) is 50.5 Å². The molecule has 12 heteroatoms. The second kappa shape index (κ2) is 10.4. The number of aromatic nitrogens is 3. The number of piperazine rings is 1. The molecular formula is C23H27ClF3N7O. The number of hydrogen-bond acceptors (Lipinski definition) is 8. The number of alkyl halides is 3. The fraction of sp³-hybridized carbons (Fsp3) is 0.435. The Labute approximate surface area is 206 Å². The standard InChI is InChI=1S/C23H27ClF3N7O/c1-14(15-9-16(23(25,26)27)11-17(28)10-15)30-21-19-12-18(13-29-20(19)31-22(24)32-21)34-5-3-33(4-6-34)7-8-35-2/h9-14H,3-8,28H2,1-2H3,(H,29,30,31,32)/t14-/m1/s1. The van der Waals surface area contributed by atoms with Gasteiger partial charge in [0.15, 0.2) is 5.65 Å². The van der Waals surface area contributed by atoms with Crippen LogP contribution < -0.4 is 16.0 Å². The maximum absolute atomic E-state index is 13.3. The van der Waals surface area contributed by atoms with Crippen LogP contribution in [0.4, 0.5) is 30.4 Å². The zero-order chi connectivity index (χ0) is 25.2. The van der Waals surface area contributed by atoms with Crippen LogP contribution in [-0.2, 0) is 10.9 Å². The van der Waals surface area contributed by atoms with Crippen molar-refractivity contribution in [1.29, 1.82) is 0 Å². The highest BCUT2D eigenvalue weighted by atomic mass is 35.5. The third-order valence-corrected chi connectivity index (χ3v) is 6.19. The molecule has 4 rings (SSSR count). The molecular weight excluding hydrogens is 483 g/mol. The van der Waals surface area contributed by atoms with Gasteiger partial charge in [-0.05, 0) is 48.4 Å². The minimum Gasteiger partial charge on any atom is -0.399 e. The Morgan fingerprint density at radius 2 is 1.89 bits per heavy atom. The van der Waals surface area contributed by atoms with Crippen LogP contribution in [0.2, 0.25) is 5.28 Å². The summed E-state index contributed by atoms with van der Waals surface area (Å²) in [5, 5.41) is 3.78.